The largest absolute Gasteiger partial charge is 0.504 e. The first kappa shape index (κ1) is 27.5. The summed E-state index contributed by atoms with van der Waals surface area (Å²) in [4.78, 5) is 34.3. The minimum Gasteiger partial charge on any atom is -0.504 e. The molecule has 0 aliphatic carbocycles. The molecule has 0 bridgehead atoms. The molecule has 0 atom stereocenters. The number of aromatic hydroxyl groups is 1. The number of pyridine rings is 1. The summed E-state index contributed by atoms with van der Waals surface area (Å²) in [5.41, 5.74) is 1.79. The Hall–Kier alpha value is -4.55. The lowest BCUT2D eigenvalue weighted by molar-refractivity contribution is -0.122. The van der Waals surface area contributed by atoms with Crippen LogP contribution in [0.4, 0.5) is 21.8 Å². The van der Waals surface area contributed by atoms with Crippen LogP contribution in [0, 0.1) is 5.82 Å². The van der Waals surface area contributed by atoms with Gasteiger partial charge in [-0.05, 0) is 49.5 Å². The van der Waals surface area contributed by atoms with Gasteiger partial charge in [-0.3, -0.25) is 9.69 Å². The van der Waals surface area contributed by atoms with Crippen LogP contribution in [-0.2, 0) is 9.53 Å². The van der Waals surface area contributed by atoms with Crippen molar-refractivity contribution in [1.29, 1.82) is 0 Å². The number of carbonyl (C=O) groups excluding carboxylic acids is 1. The Morgan fingerprint density at radius 3 is 2.64 bits per heavy atom. The molecular formula is C27H28FN5O6. The number of carbonyl (C=O) groups is 2. The predicted molar refractivity (Wildman–Crippen MR) is 143 cm³/mol. The van der Waals surface area contributed by atoms with Crippen LogP contribution in [0.1, 0.15) is 21.7 Å². The highest BCUT2D eigenvalue weighted by Crippen LogP contribution is 2.39. The Morgan fingerprint density at radius 2 is 1.92 bits per heavy atom. The molecule has 204 valence electrons. The van der Waals surface area contributed by atoms with Gasteiger partial charge in [-0.25, -0.2) is 19.2 Å². The first-order chi connectivity index (χ1) is 18.9. The average Bonchev–Trinajstić information content (AvgIpc) is 3.47. The van der Waals surface area contributed by atoms with Crippen molar-refractivity contribution in [2.45, 2.75) is 0 Å². The van der Waals surface area contributed by atoms with Crippen LogP contribution in [0.25, 0.3) is 11.6 Å². The first-order valence-corrected chi connectivity index (χ1v) is 12.1. The van der Waals surface area contributed by atoms with Crippen LogP contribution in [0.3, 0.4) is 0 Å². The fourth-order valence-electron chi connectivity index (χ4n) is 4.07. The molecule has 2 aromatic heterocycles. The van der Waals surface area contributed by atoms with E-state index in [2.05, 4.69) is 32.1 Å². The molecule has 2 aliphatic heterocycles. The molecule has 0 spiro atoms. The maximum absolute atomic E-state index is 13.4. The van der Waals surface area contributed by atoms with Crippen molar-refractivity contribution in [3.05, 3.63) is 65.3 Å². The van der Waals surface area contributed by atoms with Crippen LogP contribution < -0.4 is 5.32 Å². The number of likely N-dealkylation sites (N-methyl/N-ethyl adjacent to an activating group) is 1. The van der Waals surface area contributed by atoms with E-state index >= 15 is 0 Å². The number of aromatic nitrogens is 1. The number of furan rings is 1. The number of nitrogens with one attached hydrogen (secondary N) is 1. The number of benzene rings is 1. The van der Waals surface area contributed by atoms with E-state index < -0.39 is 11.8 Å². The third-order valence-electron chi connectivity index (χ3n) is 6.16. The summed E-state index contributed by atoms with van der Waals surface area (Å²) in [7, 11) is 2.08. The summed E-state index contributed by atoms with van der Waals surface area (Å²) < 4.78 is 24.7. The summed E-state index contributed by atoms with van der Waals surface area (Å²) >= 11 is 0. The van der Waals surface area contributed by atoms with Crippen molar-refractivity contribution in [3.63, 3.8) is 0 Å². The second-order valence-corrected chi connectivity index (χ2v) is 8.77. The number of esters is 1. The molecular weight excluding hydrogens is 509 g/mol. The number of anilines is 2. The number of carboxylic acid groups (broad SMARTS) is 1. The lowest BCUT2D eigenvalue weighted by Crippen LogP contribution is -2.45. The molecule has 0 unspecified atom stereocenters. The van der Waals surface area contributed by atoms with Gasteiger partial charge < -0.3 is 29.6 Å². The highest BCUT2D eigenvalue weighted by Gasteiger charge is 2.28. The van der Waals surface area contributed by atoms with E-state index in [9.17, 15) is 14.3 Å². The quantitative estimate of drug-likeness (QED) is 0.302. The molecule has 1 saturated heterocycles. The summed E-state index contributed by atoms with van der Waals surface area (Å²) in [5, 5.41) is 20.8. The van der Waals surface area contributed by atoms with Gasteiger partial charge in [0.2, 0.25) is 5.88 Å². The van der Waals surface area contributed by atoms with E-state index in [0.29, 0.717) is 23.6 Å². The molecule has 1 aromatic carbocycles. The molecule has 4 heterocycles. The topological polar surface area (TPSA) is 141 Å². The van der Waals surface area contributed by atoms with Crippen molar-refractivity contribution in [2.75, 3.05) is 51.7 Å². The monoisotopic (exact) mass is 537 g/mol. The van der Waals surface area contributed by atoms with Gasteiger partial charge in [0.1, 0.15) is 12.4 Å². The molecule has 12 heteroatoms. The summed E-state index contributed by atoms with van der Waals surface area (Å²) in [6.07, 6.45) is 4.84. The van der Waals surface area contributed by atoms with E-state index in [-0.39, 0.29) is 36.0 Å². The standard InChI is InChI=1S/C26H26FN5O4.CH2O2/c1-31-9-11-32(12-10-31)13-14-35-26(34)22-23(33)21(15-17-16-29-24-20(17)3-2-8-28-24)36-25(22)30-19-6-4-18(27)5-7-19;2-1-3/h2-8,15-16,30,33H,9-14H2,1H3;1H,(H,2,3). The van der Waals surface area contributed by atoms with Gasteiger partial charge in [0.15, 0.2) is 22.9 Å². The third kappa shape index (κ3) is 6.86. The van der Waals surface area contributed by atoms with Crippen LogP contribution >= 0.6 is 0 Å². The van der Waals surface area contributed by atoms with E-state index in [0.717, 1.165) is 31.7 Å². The molecule has 0 saturated carbocycles. The van der Waals surface area contributed by atoms with Crippen LogP contribution in [0.15, 0.2) is 52.0 Å². The minimum atomic E-state index is -0.721. The molecule has 1 fully saturated rings. The Balaban J connectivity index is 0.00000112. The predicted octanol–water partition coefficient (Wildman–Crippen LogP) is 3.62. The average molecular weight is 538 g/mol. The number of rotatable bonds is 7. The molecule has 0 radical (unpaired) electrons. The number of piperazine rings is 1. The van der Waals surface area contributed by atoms with Crippen molar-refractivity contribution >= 4 is 47.7 Å². The number of aliphatic imine (C=N–C) groups is 1. The fraction of sp³-hybridized carbons (Fsp3) is 0.259. The van der Waals surface area contributed by atoms with Crippen LogP contribution in [0.2, 0.25) is 0 Å². The molecule has 3 N–H and O–H groups in total. The number of hydrogen-bond donors (Lipinski definition) is 3. The van der Waals surface area contributed by atoms with E-state index in [1.54, 1.807) is 24.6 Å². The number of nitrogens with zero attached hydrogens (tertiary/aromatic N) is 4. The highest BCUT2D eigenvalue weighted by molar-refractivity contribution is 6.21. The number of ether oxygens (including phenoxy) is 1. The first-order valence-electron chi connectivity index (χ1n) is 12.1. The number of hydrogen-bond acceptors (Lipinski definition) is 10. The van der Waals surface area contributed by atoms with E-state index in [1.807, 2.05) is 6.07 Å². The minimum absolute atomic E-state index is 0.00287. The molecule has 2 aliphatic rings. The number of allylic oxidation sites excluding steroid dienone is 1. The SMILES string of the molecule is CN1CCN(CCOC(=O)c2c(Nc3ccc(F)cc3)oc(C=C3C=Nc4ncccc43)c2O)CC1.O=CO. The Morgan fingerprint density at radius 1 is 1.21 bits per heavy atom. The molecule has 3 aromatic rings. The van der Waals surface area contributed by atoms with Gasteiger partial charge in [0, 0.05) is 62.0 Å². The van der Waals surface area contributed by atoms with Gasteiger partial charge in [0.25, 0.3) is 6.47 Å². The highest BCUT2D eigenvalue weighted by atomic mass is 19.1. The normalized spacial score (nSPS) is 15.9. The molecule has 39 heavy (non-hydrogen) atoms. The zero-order valence-corrected chi connectivity index (χ0v) is 21.2. The van der Waals surface area contributed by atoms with Crippen LogP contribution in [0.5, 0.6) is 5.75 Å². The fourth-order valence-corrected chi connectivity index (χ4v) is 4.07. The lowest BCUT2D eigenvalue weighted by Gasteiger charge is -2.31. The molecule has 0 amide bonds. The van der Waals surface area contributed by atoms with Gasteiger partial charge in [-0.1, -0.05) is 0 Å². The Kier molecular flexibility index (Phi) is 9.02. The van der Waals surface area contributed by atoms with Crippen LogP contribution in [-0.4, -0.2) is 90.0 Å². The molecule has 11 nitrogen and oxygen atoms in total. The van der Waals surface area contributed by atoms with Gasteiger partial charge >= 0.3 is 5.97 Å². The second-order valence-electron chi connectivity index (χ2n) is 8.77. The number of halogens is 1. The maximum atomic E-state index is 13.4. The lowest BCUT2D eigenvalue weighted by atomic mass is 10.1. The van der Waals surface area contributed by atoms with Crippen molar-refractivity contribution < 1.29 is 33.3 Å². The zero-order valence-electron chi connectivity index (χ0n) is 21.2. The van der Waals surface area contributed by atoms with Gasteiger partial charge in [-0.2, -0.15) is 0 Å². The zero-order chi connectivity index (χ0) is 27.8. The smallest absolute Gasteiger partial charge is 0.347 e. The van der Waals surface area contributed by atoms with Gasteiger partial charge in [0.05, 0.1) is 0 Å². The van der Waals surface area contributed by atoms with Gasteiger partial charge in [-0.15, -0.1) is 0 Å². The molecule has 5 rings (SSSR count). The Labute approximate surface area is 223 Å². The second kappa shape index (κ2) is 12.8. The van der Waals surface area contributed by atoms with E-state index in [1.165, 1.54) is 24.3 Å². The van der Waals surface area contributed by atoms with Crippen molar-refractivity contribution in [3.8, 4) is 5.75 Å². The van der Waals surface area contributed by atoms with E-state index in [4.69, 9.17) is 19.1 Å². The number of fused-ring (bicyclic) bond motifs is 1. The summed E-state index contributed by atoms with van der Waals surface area (Å²) in [6.45, 7) is 4.24. The van der Waals surface area contributed by atoms with Crippen molar-refractivity contribution in [1.82, 2.24) is 14.8 Å². The Bertz CT molecular complexity index is 1360. The summed E-state index contributed by atoms with van der Waals surface area (Å²) in [6, 6.07) is 9.20. The van der Waals surface area contributed by atoms with Crippen molar-refractivity contribution in [2.24, 2.45) is 4.99 Å². The summed E-state index contributed by atoms with van der Waals surface area (Å²) in [5.74, 6) is -0.863. The maximum Gasteiger partial charge on any atom is 0.347 e. The third-order valence-corrected chi connectivity index (χ3v) is 6.16.